The van der Waals surface area contributed by atoms with Gasteiger partial charge in [-0.3, -0.25) is 4.99 Å². The number of aliphatic imine (C=N–C) groups is 1. The van der Waals surface area contributed by atoms with E-state index >= 15 is 0 Å². The van der Waals surface area contributed by atoms with Crippen LogP contribution in [-0.2, 0) is 19.6 Å². The first-order chi connectivity index (χ1) is 15.1. The largest absolute Gasteiger partial charge is 0.497 e. The van der Waals surface area contributed by atoms with Crippen LogP contribution in [0.4, 0.5) is 8.78 Å². The summed E-state index contributed by atoms with van der Waals surface area (Å²) in [7, 11) is 3.14. The maximum Gasteiger partial charge on any atom is 0.387 e. The molecule has 0 spiro atoms. The molecule has 0 aliphatic rings. The molecule has 9 heteroatoms. The zero-order valence-electron chi connectivity index (χ0n) is 17.4. The first-order valence-corrected chi connectivity index (χ1v) is 9.69. The normalized spacial score (nSPS) is 11.5. The molecule has 164 valence electrons. The summed E-state index contributed by atoms with van der Waals surface area (Å²) in [6, 6.07) is 14.8. The van der Waals surface area contributed by atoms with E-state index in [-0.39, 0.29) is 12.3 Å². The SMILES string of the molecule is CN=C(NCc1cc(OC)ccc1OC(F)F)NCc1nccn1Cc1ccccc1. The Morgan fingerprint density at radius 3 is 2.61 bits per heavy atom. The van der Waals surface area contributed by atoms with Gasteiger partial charge in [0.05, 0.1) is 13.7 Å². The van der Waals surface area contributed by atoms with Crippen molar-refractivity contribution in [1.29, 1.82) is 0 Å². The fraction of sp³-hybridized carbons (Fsp3) is 0.273. The third kappa shape index (κ3) is 6.43. The molecular formula is C22H25F2N5O2. The van der Waals surface area contributed by atoms with Gasteiger partial charge in [0, 0.05) is 38.1 Å². The van der Waals surface area contributed by atoms with Gasteiger partial charge in [0.15, 0.2) is 5.96 Å². The van der Waals surface area contributed by atoms with Crippen LogP contribution < -0.4 is 20.1 Å². The van der Waals surface area contributed by atoms with Crippen molar-refractivity contribution < 1.29 is 18.3 Å². The van der Waals surface area contributed by atoms with Gasteiger partial charge in [0.1, 0.15) is 17.3 Å². The van der Waals surface area contributed by atoms with E-state index in [9.17, 15) is 8.78 Å². The molecule has 0 saturated carbocycles. The molecule has 0 atom stereocenters. The van der Waals surface area contributed by atoms with Crippen molar-refractivity contribution in [2.75, 3.05) is 14.2 Å². The molecule has 1 aromatic heterocycles. The first-order valence-electron chi connectivity index (χ1n) is 9.69. The van der Waals surface area contributed by atoms with Crippen molar-refractivity contribution in [1.82, 2.24) is 20.2 Å². The minimum atomic E-state index is -2.91. The van der Waals surface area contributed by atoms with Gasteiger partial charge < -0.3 is 24.7 Å². The van der Waals surface area contributed by atoms with Crippen molar-refractivity contribution in [3.63, 3.8) is 0 Å². The Morgan fingerprint density at radius 2 is 1.90 bits per heavy atom. The third-order valence-electron chi connectivity index (χ3n) is 4.56. The second-order valence-electron chi connectivity index (χ2n) is 6.59. The highest BCUT2D eigenvalue weighted by molar-refractivity contribution is 5.79. The van der Waals surface area contributed by atoms with Crippen LogP contribution >= 0.6 is 0 Å². The van der Waals surface area contributed by atoms with Crippen LogP contribution in [0.3, 0.4) is 0 Å². The summed E-state index contributed by atoms with van der Waals surface area (Å²) in [4.78, 5) is 8.59. The van der Waals surface area contributed by atoms with Crippen LogP contribution in [0, 0.1) is 0 Å². The molecule has 0 unspecified atom stereocenters. The number of guanidine groups is 1. The maximum absolute atomic E-state index is 12.7. The van der Waals surface area contributed by atoms with Crippen LogP contribution in [0.25, 0.3) is 0 Å². The highest BCUT2D eigenvalue weighted by Crippen LogP contribution is 2.25. The molecule has 3 rings (SSSR count). The zero-order valence-corrected chi connectivity index (χ0v) is 17.4. The Labute approximate surface area is 179 Å². The molecule has 2 N–H and O–H groups in total. The zero-order chi connectivity index (χ0) is 22.1. The third-order valence-corrected chi connectivity index (χ3v) is 4.56. The van der Waals surface area contributed by atoms with Gasteiger partial charge in [-0.25, -0.2) is 4.98 Å². The van der Waals surface area contributed by atoms with Crippen LogP contribution in [0.5, 0.6) is 11.5 Å². The van der Waals surface area contributed by atoms with E-state index in [4.69, 9.17) is 4.74 Å². The topological polar surface area (TPSA) is 72.7 Å². The lowest BCUT2D eigenvalue weighted by Crippen LogP contribution is -2.37. The summed E-state index contributed by atoms with van der Waals surface area (Å²) >= 11 is 0. The van der Waals surface area contributed by atoms with E-state index in [1.165, 1.54) is 18.7 Å². The summed E-state index contributed by atoms with van der Waals surface area (Å²) in [6.45, 7) is -1.54. The number of aromatic nitrogens is 2. The Balaban J connectivity index is 1.61. The van der Waals surface area contributed by atoms with Gasteiger partial charge in [-0.05, 0) is 23.8 Å². The molecule has 31 heavy (non-hydrogen) atoms. The predicted octanol–water partition coefficient (Wildman–Crippen LogP) is 3.41. The molecule has 0 amide bonds. The average Bonchev–Trinajstić information content (AvgIpc) is 3.22. The Hall–Kier alpha value is -3.62. The quantitative estimate of drug-likeness (QED) is 0.403. The summed E-state index contributed by atoms with van der Waals surface area (Å²) in [5, 5.41) is 6.30. The van der Waals surface area contributed by atoms with Gasteiger partial charge in [0.2, 0.25) is 0 Å². The molecule has 3 aromatic rings. The van der Waals surface area contributed by atoms with E-state index in [0.717, 1.165) is 5.82 Å². The van der Waals surface area contributed by atoms with Crippen molar-refractivity contribution >= 4 is 5.96 Å². The summed E-state index contributed by atoms with van der Waals surface area (Å²) < 4.78 is 37.2. The second-order valence-corrected chi connectivity index (χ2v) is 6.59. The number of alkyl halides is 2. The van der Waals surface area contributed by atoms with Crippen LogP contribution in [-0.4, -0.2) is 36.3 Å². The lowest BCUT2D eigenvalue weighted by Gasteiger charge is -2.16. The number of benzene rings is 2. The van der Waals surface area contributed by atoms with E-state index in [0.29, 0.717) is 30.4 Å². The standard InChI is InChI=1S/C22H25F2N5O2/c1-25-22(27-13-17-12-18(30-2)8-9-19(17)31-21(23)24)28-14-20-26-10-11-29(20)15-16-6-4-3-5-7-16/h3-12,21H,13-15H2,1-2H3,(H2,25,27,28). The molecule has 2 aromatic carbocycles. The number of hydrogen-bond donors (Lipinski definition) is 2. The fourth-order valence-corrected chi connectivity index (χ4v) is 3.03. The number of methoxy groups -OCH3 is 1. The van der Waals surface area contributed by atoms with Gasteiger partial charge in [-0.2, -0.15) is 8.78 Å². The van der Waals surface area contributed by atoms with Gasteiger partial charge >= 0.3 is 6.61 Å². The maximum atomic E-state index is 12.7. The van der Waals surface area contributed by atoms with E-state index in [1.807, 2.05) is 29.0 Å². The molecule has 0 saturated heterocycles. The van der Waals surface area contributed by atoms with Gasteiger partial charge in [0.25, 0.3) is 0 Å². The Kier molecular flexibility index (Phi) is 7.80. The summed E-state index contributed by atoms with van der Waals surface area (Å²) in [5.74, 6) is 1.97. The van der Waals surface area contributed by atoms with Crippen molar-refractivity contribution in [3.05, 3.63) is 77.9 Å². The monoisotopic (exact) mass is 429 g/mol. The number of halogens is 2. The van der Waals surface area contributed by atoms with E-state index in [1.54, 1.807) is 25.4 Å². The van der Waals surface area contributed by atoms with E-state index in [2.05, 4.69) is 37.5 Å². The van der Waals surface area contributed by atoms with Crippen molar-refractivity contribution in [2.24, 2.45) is 4.99 Å². The highest BCUT2D eigenvalue weighted by atomic mass is 19.3. The molecule has 1 heterocycles. The lowest BCUT2D eigenvalue weighted by molar-refractivity contribution is -0.0505. The van der Waals surface area contributed by atoms with Crippen molar-refractivity contribution in [3.8, 4) is 11.5 Å². The van der Waals surface area contributed by atoms with Gasteiger partial charge in [-0.15, -0.1) is 0 Å². The molecule has 0 radical (unpaired) electrons. The molecule has 0 bridgehead atoms. The smallest absolute Gasteiger partial charge is 0.387 e. The summed E-state index contributed by atoms with van der Waals surface area (Å²) in [5.41, 5.74) is 1.70. The molecule has 0 aliphatic carbocycles. The Bertz CT molecular complexity index is 993. The number of hydrogen-bond acceptors (Lipinski definition) is 4. The predicted molar refractivity (Wildman–Crippen MR) is 114 cm³/mol. The number of nitrogens with zero attached hydrogens (tertiary/aromatic N) is 3. The lowest BCUT2D eigenvalue weighted by atomic mass is 10.2. The molecular weight excluding hydrogens is 404 g/mol. The van der Waals surface area contributed by atoms with E-state index < -0.39 is 6.61 Å². The average molecular weight is 429 g/mol. The first kappa shape index (κ1) is 22.1. The molecule has 0 fully saturated rings. The number of nitrogens with one attached hydrogen (secondary N) is 2. The van der Waals surface area contributed by atoms with Crippen molar-refractivity contribution in [2.45, 2.75) is 26.2 Å². The number of imidazole rings is 1. The summed E-state index contributed by atoms with van der Waals surface area (Å²) in [6.07, 6.45) is 3.67. The highest BCUT2D eigenvalue weighted by Gasteiger charge is 2.12. The van der Waals surface area contributed by atoms with Crippen LogP contribution in [0.15, 0.2) is 65.9 Å². The Morgan fingerprint density at radius 1 is 1.13 bits per heavy atom. The van der Waals surface area contributed by atoms with Crippen LogP contribution in [0.2, 0.25) is 0 Å². The minimum absolute atomic E-state index is 0.0807. The number of ether oxygens (including phenoxy) is 2. The fourth-order valence-electron chi connectivity index (χ4n) is 3.03. The number of rotatable bonds is 9. The second kappa shape index (κ2) is 11.0. The molecule has 0 aliphatic heterocycles. The minimum Gasteiger partial charge on any atom is -0.497 e. The van der Waals surface area contributed by atoms with Gasteiger partial charge in [-0.1, -0.05) is 30.3 Å². The van der Waals surface area contributed by atoms with Crippen LogP contribution in [0.1, 0.15) is 17.0 Å². The molecule has 7 nitrogen and oxygen atoms in total.